The third kappa shape index (κ3) is 3.12. The summed E-state index contributed by atoms with van der Waals surface area (Å²) in [5, 5.41) is 17.1. The van der Waals surface area contributed by atoms with E-state index >= 15 is 0 Å². The summed E-state index contributed by atoms with van der Waals surface area (Å²) in [5.74, 6) is -1.50. The zero-order chi connectivity index (χ0) is 17.3. The maximum atomic E-state index is 12.4. The Hall–Kier alpha value is -2.05. The van der Waals surface area contributed by atoms with Gasteiger partial charge >= 0.3 is 5.97 Å². The number of benzene rings is 1. The molecule has 1 aromatic carbocycles. The Bertz CT molecular complexity index is 798. The number of rotatable bonds is 4. The molecule has 0 spiro atoms. The minimum Gasteiger partial charge on any atom is -0.480 e. The number of nitrogens with one attached hydrogen (secondary N) is 1. The molecule has 2 aromatic rings. The van der Waals surface area contributed by atoms with Gasteiger partial charge in [-0.1, -0.05) is 36.0 Å². The smallest absolute Gasteiger partial charge is 0.329 e. The molecule has 1 heterocycles. The van der Waals surface area contributed by atoms with Crippen LogP contribution in [0.1, 0.15) is 36.2 Å². The largest absolute Gasteiger partial charge is 0.480 e. The van der Waals surface area contributed by atoms with Crippen LogP contribution in [0, 0.1) is 0 Å². The number of carboxylic acids is 1. The average Bonchev–Trinajstić information content (AvgIpc) is 3.20. The van der Waals surface area contributed by atoms with E-state index in [1.807, 2.05) is 0 Å². The molecule has 0 unspecified atom stereocenters. The third-order valence-corrected chi connectivity index (χ3v) is 4.95. The van der Waals surface area contributed by atoms with Gasteiger partial charge in [0.25, 0.3) is 5.91 Å². The molecule has 1 amide bonds. The van der Waals surface area contributed by atoms with Gasteiger partial charge in [-0.15, -0.1) is 0 Å². The lowest BCUT2D eigenvalue weighted by molar-refractivity contribution is -0.144. The van der Waals surface area contributed by atoms with E-state index in [1.54, 1.807) is 24.4 Å². The molecule has 126 valence electrons. The van der Waals surface area contributed by atoms with Gasteiger partial charge in [0.2, 0.25) is 0 Å². The van der Waals surface area contributed by atoms with Crippen LogP contribution in [0.2, 0.25) is 10.0 Å². The van der Waals surface area contributed by atoms with Gasteiger partial charge in [-0.25, -0.2) is 9.48 Å². The number of carboxylic acid groups (broad SMARTS) is 1. The normalized spacial score (nSPS) is 16.1. The molecular weight excluding hydrogens is 353 g/mol. The molecule has 1 saturated carbocycles. The molecule has 0 atom stereocenters. The minimum absolute atomic E-state index is 0.147. The van der Waals surface area contributed by atoms with Crippen molar-refractivity contribution < 1.29 is 14.7 Å². The summed E-state index contributed by atoms with van der Waals surface area (Å²) in [4.78, 5) is 23.9. The van der Waals surface area contributed by atoms with Gasteiger partial charge in [0.05, 0.1) is 15.7 Å². The Kier molecular flexibility index (Phi) is 4.51. The van der Waals surface area contributed by atoms with E-state index in [2.05, 4.69) is 10.4 Å². The van der Waals surface area contributed by atoms with Gasteiger partial charge < -0.3 is 10.4 Å². The van der Waals surface area contributed by atoms with Crippen molar-refractivity contribution in [2.75, 3.05) is 0 Å². The van der Waals surface area contributed by atoms with Crippen LogP contribution >= 0.6 is 23.2 Å². The van der Waals surface area contributed by atoms with Crippen molar-refractivity contribution in [3.63, 3.8) is 0 Å². The van der Waals surface area contributed by atoms with Gasteiger partial charge in [-0.05, 0) is 37.1 Å². The number of carbonyl (C=O) groups is 2. The number of carbonyl (C=O) groups excluding carboxylic acids is 1. The number of hydrogen-bond acceptors (Lipinski definition) is 3. The molecule has 1 fully saturated rings. The molecule has 8 heteroatoms. The molecule has 24 heavy (non-hydrogen) atoms. The maximum Gasteiger partial charge on any atom is 0.329 e. The monoisotopic (exact) mass is 367 g/mol. The fraction of sp³-hybridized carbons (Fsp3) is 0.312. The summed E-state index contributed by atoms with van der Waals surface area (Å²) in [5.41, 5.74) is -0.393. The minimum atomic E-state index is -1.19. The Morgan fingerprint density at radius 2 is 1.88 bits per heavy atom. The number of halogens is 2. The van der Waals surface area contributed by atoms with E-state index in [-0.39, 0.29) is 5.69 Å². The molecule has 0 saturated heterocycles. The van der Waals surface area contributed by atoms with Crippen LogP contribution in [-0.2, 0) is 4.79 Å². The van der Waals surface area contributed by atoms with Crippen LogP contribution < -0.4 is 5.32 Å². The first-order chi connectivity index (χ1) is 11.4. The maximum absolute atomic E-state index is 12.4. The Morgan fingerprint density at radius 1 is 1.17 bits per heavy atom. The van der Waals surface area contributed by atoms with Gasteiger partial charge in [0.1, 0.15) is 5.54 Å². The lowest BCUT2D eigenvalue weighted by Crippen LogP contribution is -2.52. The first-order valence-corrected chi connectivity index (χ1v) is 8.24. The zero-order valence-electron chi connectivity index (χ0n) is 12.6. The Morgan fingerprint density at radius 3 is 2.50 bits per heavy atom. The van der Waals surface area contributed by atoms with Crippen LogP contribution in [-0.4, -0.2) is 32.3 Å². The molecule has 1 aromatic heterocycles. The second kappa shape index (κ2) is 6.45. The van der Waals surface area contributed by atoms with E-state index < -0.39 is 17.4 Å². The third-order valence-electron chi connectivity index (χ3n) is 4.21. The number of hydrogen-bond donors (Lipinski definition) is 2. The average molecular weight is 368 g/mol. The van der Waals surface area contributed by atoms with Crippen LogP contribution in [0.3, 0.4) is 0 Å². The van der Waals surface area contributed by atoms with E-state index in [0.29, 0.717) is 28.6 Å². The van der Waals surface area contributed by atoms with Crippen molar-refractivity contribution in [2.45, 2.75) is 31.2 Å². The van der Waals surface area contributed by atoms with Gasteiger partial charge in [-0.2, -0.15) is 5.10 Å². The zero-order valence-corrected chi connectivity index (χ0v) is 14.1. The molecule has 0 radical (unpaired) electrons. The SMILES string of the molecule is O=C(NC1(C(=O)O)CCCC1)c1ccn(-c2ccc(Cl)c(Cl)c2)n1. The molecule has 1 aliphatic rings. The molecule has 1 aliphatic carbocycles. The second-order valence-electron chi connectivity index (χ2n) is 5.79. The Balaban J connectivity index is 1.81. The fourth-order valence-corrected chi connectivity index (χ4v) is 3.16. The summed E-state index contributed by atoms with van der Waals surface area (Å²) in [6, 6.07) is 6.52. The van der Waals surface area contributed by atoms with Gasteiger partial charge in [0, 0.05) is 6.20 Å². The lowest BCUT2D eigenvalue weighted by Gasteiger charge is -2.24. The molecule has 0 bridgehead atoms. The van der Waals surface area contributed by atoms with Crippen LogP contribution in [0.15, 0.2) is 30.5 Å². The highest BCUT2D eigenvalue weighted by Crippen LogP contribution is 2.30. The highest BCUT2D eigenvalue weighted by molar-refractivity contribution is 6.42. The number of aliphatic carboxylic acids is 1. The van der Waals surface area contributed by atoms with Crippen molar-refractivity contribution in [1.29, 1.82) is 0 Å². The van der Waals surface area contributed by atoms with Crippen molar-refractivity contribution in [3.05, 3.63) is 46.2 Å². The number of nitrogens with zero attached hydrogens (tertiary/aromatic N) is 2. The van der Waals surface area contributed by atoms with Crippen molar-refractivity contribution >= 4 is 35.1 Å². The number of amides is 1. The Labute approximate surface area is 148 Å². The predicted octanol–water partition coefficient (Wildman–Crippen LogP) is 3.31. The van der Waals surface area contributed by atoms with E-state index in [1.165, 1.54) is 10.7 Å². The van der Waals surface area contributed by atoms with Crippen LogP contribution in [0.4, 0.5) is 0 Å². The highest BCUT2D eigenvalue weighted by atomic mass is 35.5. The molecule has 6 nitrogen and oxygen atoms in total. The molecule has 3 rings (SSSR count). The second-order valence-corrected chi connectivity index (χ2v) is 6.61. The van der Waals surface area contributed by atoms with Crippen LogP contribution in [0.25, 0.3) is 5.69 Å². The quantitative estimate of drug-likeness (QED) is 0.867. The highest BCUT2D eigenvalue weighted by Gasteiger charge is 2.43. The summed E-state index contributed by atoms with van der Waals surface area (Å²) in [7, 11) is 0. The fourth-order valence-electron chi connectivity index (χ4n) is 2.87. The summed E-state index contributed by atoms with van der Waals surface area (Å²) in [6.07, 6.45) is 4.04. The first-order valence-electron chi connectivity index (χ1n) is 7.48. The molecule has 0 aliphatic heterocycles. The van der Waals surface area contributed by atoms with E-state index in [9.17, 15) is 14.7 Å². The van der Waals surface area contributed by atoms with Crippen molar-refractivity contribution in [2.24, 2.45) is 0 Å². The number of aromatic nitrogens is 2. The summed E-state index contributed by atoms with van der Waals surface area (Å²) >= 11 is 11.9. The predicted molar refractivity (Wildman–Crippen MR) is 89.9 cm³/mol. The van der Waals surface area contributed by atoms with Gasteiger partial charge in [-0.3, -0.25) is 4.79 Å². The van der Waals surface area contributed by atoms with Crippen molar-refractivity contribution in [1.82, 2.24) is 15.1 Å². The van der Waals surface area contributed by atoms with E-state index in [0.717, 1.165) is 12.8 Å². The molecule has 2 N–H and O–H groups in total. The summed E-state index contributed by atoms with van der Waals surface area (Å²) < 4.78 is 1.49. The van der Waals surface area contributed by atoms with Gasteiger partial charge in [0.15, 0.2) is 5.69 Å². The summed E-state index contributed by atoms with van der Waals surface area (Å²) in [6.45, 7) is 0. The first kappa shape index (κ1) is 16.8. The molecular formula is C16H15Cl2N3O3. The topological polar surface area (TPSA) is 84.2 Å². The van der Waals surface area contributed by atoms with Crippen molar-refractivity contribution in [3.8, 4) is 5.69 Å². The van der Waals surface area contributed by atoms with E-state index in [4.69, 9.17) is 23.2 Å². The standard InChI is InChI=1S/C16H15Cl2N3O3/c17-11-4-3-10(9-12(11)18)21-8-5-13(20-21)14(22)19-16(15(23)24)6-1-2-7-16/h3-5,8-9H,1-2,6-7H2,(H,19,22)(H,23,24). The van der Waals surface area contributed by atoms with Crippen LogP contribution in [0.5, 0.6) is 0 Å². The lowest BCUT2D eigenvalue weighted by atomic mass is 9.97.